The minimum Gasteiger partial charge on any atom is -0.469 e. The molecule has 1 rings (SSSR count). The van der Waals surface area contributed by atoms with Crippen LogP contribution in [0.15, 0.2) is 12.3 Å². The van der Waals surface area contributed by atoms with Gasteiger partial charge in [-0.15, -0.1) is 0 Å². The Labute approximate surface area is 101 Å². The fraction of sp³-hybridized carbons (Fsp3) is 0.400. The monoisotopic (exact) mass is 263 g/mol. The molecule has 18 heavy (non-hydrogen) atoms. The standard InChI is InChI=1S/C10H12F3N3O2/c1-18-9(17)2-3-15-7-4-8(10(11,12)13)16-5-6(7)14/h4-5H,2-3,14H2,1H3,(H,15,16). The van der Waals surface area contributed by atoms with E-state index in [0.29, 0.717) is 0 Å². The van der Waals surface area contributed by atoms with Crippen LogP contribution >= 0.6 is 0 Å². The van der Waals surface area contributed by atoms with E-state index in [4.69, 9.17) is 5.73 Å². The largest absolute Gasteiger partial charge is 0.469 e. The van der Waals surface area contributed by atoms with E-state index in [0.717, 1.165) is 12.3 Å². The van der Waals surface area contributed by atoms with Crippen LogP contribution in [0.25, 0.3) is 0 Å². The van der Waals surface area contributed by atoms with E-state index in [1.807, 2.05) is 0 Å². The van der Waals surface area contributed by atoms with Gasteiger partial charge in [-0.25, -0.2) is 4.98 Å². The second-order valence-corrected chi connectivity index (χ2v) is 3.41. The van der Waals surface area contributed by atoms with E-state index in [2.05, 4.69) is 15.0 Å². The lowest BCUT2D eigenvalue weighted by Crippen LogP contribution is -2.13. The predicted octanol–water partition coefficient (Wildman–Crippen LogP) is 1.66. The quantitative estimate of drug-likeness (QED) is 0.808. The maximum atomic E-state index is 12.4. The third kappa shape index (κ3) is 3.79. The Kier molecular flexibility index (Phi) is 4.35. The summed E-state index contributed by atoms with van der Waals surface area (Å²) >= 11 is 0. The Balaban J connectivity index is 2.73. The average Bonchev–Trinajstić information content (AvgIpc) is 2.29. The lowest BCUT2D eigenvalue weighted by molar-refractivity contribution is -0.141. The van der Waals surface area contributed by atoms with Gasteiger partial charge in [-0.3, -0.25) is 4.79 Å². The minimum atomic E-state index is -4.54. The number of pyridine rings is 1. The SMILES string of the molecule is COC(=O)CCNc1cc(C(F)(F)F)ncc1N. The Hall–Kier alpha value is -1.99. The number of nitrogens with one attached hydrogen (secondary N) is 1. The Morgan fingerprint density at radius 2 is 2.22 bits per heavy atom. The summed E-state index contributed by atoms with van der Waals surface area (Å²) < 4.78 is 41.6. The molecule has 0 radical (unpaired) electrons. The van der Waals surface area contributed by atoms with Crippen molar-refractivity contribution in [2.75, 3.05) is 24.7 Å². The van der Waals surface area contributed by atoms with Crippen LogP contribution < -0.4 is 11.1 Å². The van der Waals surface area contributed by atoms with Crippen LogP contribution in [0.1, 0.15) is 12.1 Å². The second-order valence-electron chi connectivity index (χ2n) is 3.41. The lowest BCUT2D eigenvalue weighted by Gasteiger charge is -2.11. The summed E-state index contributed by atoms with van der Waals surface area (Å²) in [5.74, 6) is -0.467. The molecule has 0 fully saturated rings. The topological polar surface area (TPSA) is 77.2 Å². The second kappa shape index (κ2) is 5.56. The van der Waals surface area contributed by atoms with Crippen LogP contribution in [0.3, 0.4) is 0 Å². The molecule has 1 aromatic rings. The van der Waals surface area contributed by atoms with Crippen molar-refractivity contribution in [3.8, 4) is 0 Å². The number of ether oxygens (including phenoxy) is 1. The molecule has 5 nitrogen and oxygen atoms in total. The van der Waals surface area contributed by atoms with Gasteiger partial charge in [-0.1, -0.05) is 0 Å². The van der Waals surface area contributed by atoms with E-state index >= 15 is 0 Å². The molecule has 0 atom stereocenters. The van der Waals surface area contributed by atoms with Gasteiger partial charge in [0.15, 0.2) is 0 Å². The van der Waals surface area contributed by atoms with Crippen molar-refractivity contribution < 1.29 is 22.7 Å². The molecule has 3 N–H and O–H groups in total. The Morgan fingerprint density at radius 3 is 2.78 bits per heavy atom. The third-order valence-electron chi connectivity index (χ3n) is 2.10. The number of carbonyl (C=O) groups excluding carboxylic acids is 1. The molecule has 0 aromatic carbocycles. The van der Waals surface area contributed by atoms with E-state index < -0.39 is 17.8 Å². The first-order valence-corrected chi connectivity index (χ1v) is 4.98. The molecule has 1 heterocycles. The smallest absolute Gasteiger partial charge is 0.433 e. The number of nitrogen functional groups attached to an aromatic ring is 1. The van der Waals surface area contributed by atoms with Crippen molar-refractivity contribution in [2.45, 2.75) is 12.6 Å². The first-order valence-electron chi connectivity index (χ1n) is 4.98. The molecule has 8 heteroatoms. The zero-order valence-corrected chi connectivity index (χ0v) is 9.54. The molecule has 0 aliphatic heterocycles. The van der Waals surface area contributed by atoms with Crippen molar-refractivity contribution in [1.82, 2.24) is 4.98 Å². The number of nitrogens with zero attached hydrogens (tertiary/aromatic N) is 1. The highest BCUT2D eigenvalue weighted by Gasteiger charge is 2.32. The molecule has 0 aliphatic carbocycles. The summed E-state index contributed by atoms with van der Waals surface area (Å²) in [5, 5.41) is 2.62. The van der Waals surface area contributed by atoms with Gasteiger partial charge in [0.1, 0.15) is 5.69 Å². The van der Waals surface area contributed by atoms with Crippen molar-refractivity contribution in [3.05, 3.63) is 18.0 Å². The van der Waals surface area contributed by atoms with Gasteiger partial charge in [0.05, 0.1) is 31.1 Å². The number of aromatic nitrogens is 1. The number of anilines is 2. The van der Waals surface area contributed by atoms with Gasteiger partial charge >= 0.3 is 12.1 Å². The van der Waals surface area contributed by atoms with Gasteiger partial charge < -0.3 is 15.8 Å². The summed E-state index contributed by atoms with van der Waals surface area (Å²) in [4.78, 5) is 14.0. The van der Waals surface area contributed by atoms with Crippen LogP contribution in [-0.4, -0.2) is 24.6 Å². The zero-order valence-electron chi connectivity index (χ0n) is 9.54. The highest BCUT2D eigenvalue weighted by molar-refractivity contribution is 5.71. The molecule has 1 aromatic heterocycles. The number of methoxy groups -OCH3 is 1. The first-order chi connectivity index (χ1) is 8.34. The van der Waals surface area contributed by atoms with E-state index in [1.165, 1.54) is 7.11 Å². The molecule has 0 saturated carbocycles. The lowest BCUT2D eigenvalue weighted by atomic mass is 10.2. The predicted molar refractivity (Wildman–Crippen MR) is 58.8 cm³/mol. The zero-order chi connectivity index (χ0) is 13.8. The minimum absolute atomic E-state index is 0.0274. The third-order valence-corrected chi connectivity index (χ3v) is 2.10. The summed E-state index contributed by atoms with van der Waals surface area (Å²) in [6.45, 7) is 0.123. The number of nitrogens with two attached hydrogens (primary N) is 1. The van der Waals surface area contributed by atoms with Crippen molar-refractivity contribution in [1.29, 1.82) is 0 Å². The van der Waals surface area contributed by atoms with Crippen LogP contribution in [0.4, 0.5) is 24.5 Å². The fourth-order valence-electron chi connectivity index (χ4n) is 1.18. The maximum absolute atomic E-state index is 12.4. The Morgan fingerprint density at radius 1 is 1.56 bits per heavy atom. The molecule has 0 bridgehead atoms. The first kappa shape index (κ1) is 14.1. The highest BCUT2D eigenvalue weighted by atomic mass is 19.4. The average molecular weight is 263 g/mol. The number of alkyl halides is 3. The number of hydrogen-bond acceptors (Lipinski definition) is 5. The number of esters is 1. The molecular weight excluding hydrogens is 251 g/mol. The number of rotatable bonds is 4. The fourth-order valence-corrected chi connectivity index (χ4v) is 1.18. The molecule has 100 valence electrons. The molecular formula is C10H12F3N3O2. The molecule has 0 aliphatic rings. The normalized spacial score (nSPS) is 11.1. The van der Waals surface area contributed by atoms with Crippen LogP contribution in [0.2, 0.25) is 0 Å². The van der Waals surface area contributed by atoms with Crippen molar-refractivity contribution in [2.24, 2.45) is 0 Å². The van der Waals surface area contributed by atoms with Gasteiger partial charge in [0.2, 0.25) is 0 Å². The van der Waals surface area contributed by atoms with Crippen molar-refractivity contribution >= 4 is 17.3 Å². The van der Waals surface area contributed by atoms with Crippen LogP contribution in [0, 0.1) is 0 Å². The van der Waals surface area contributed by atoms with Crippen molar-refractivity contribution in [3.63, 3.8) is 0 Å². The van der Waals surface area contributed by atoms with E-state index in [1.54, 1.807) is 0 Å². The highest BCUT2D eigenvalue weighted by Crippen LogP contribution is 2.30. The molecule has 0 spiro atoms. The maximum Gasteiger partial charge on any atom is 0.433 e. The number of halogens is 3. The molecule has 0 amide bonds. The van der Waals surface area contributed by atoms with Crippen LogP contribution in [-0.2, 0) is 15.7 Å². The molecule has 0 saturated heterocycles. The molecule has 0 unspecified atom stereocenters. The van der Waals surface area contributed by atoms with Gasteiger partial charge in [0.25, 0.3) is 0 Å². The Bertz CT molecular complexity index is 435. The number of hydrogen-bond donors (Lipinski definition) is 2. The summed E-state index contributed by atoms with van der Waals surface area (Å²) in [6, 6.07) is 0.798. The summed E-state index contributed by atoms with van der Waals surface area (Å²) in [5.41, 5.74) is 4.59. The van der Waals surface area contributed by atoms with E-state index in [-0.39, 0.29) is 24.3 Å². The van der Waals surface area contributed by atoms with Crippen LogP contribution in [0.5, 0.6) is 0 Å². The van der Waals surface area contributed by atoms with Gasteiger partial charge in [-0.2, -0.15) is 13.2 Å². The summed E-state index contributed by atoms with van der Waals surface area (Å²) in [7, 11) is 1.23. The van der Waals surface area contributed by atoms with Gasteiger partial charge in [-0.05, 0) is 6.07 Å². The van der Waals surface area contributed by atoms with E-state index in [9.17, 15) is 18.0 Å². The summed E-state index contributed by atoms with van der Waals surface area (Å²) in [6.07, 6.45) is -3.59. The van der Waals surface area contributed by atoms with Gasteiger partial charge in [0, 0.05) is 6.54 Å². The number of carbonyl (C=O) groups is 1.